The van der Waals surface area contributed by atoms with Crippen LogP contribution in [0.25, 0.3) is 0 Å². The Balaban J connectivity index is 1.96. The number of benzene rings is 2. The molecule has 100 valence electrons. The number of nitrogens with two attached hydrogens (primary N) is 1. The van der Waals surface area contributed by atoms with E-state index in [0.29, 0.717) is 16.8 Å². The first-order valence-corrected chi connectivity index (χ1v) is 6.07. The summed E-state index contributed by atoms with van der Waals surface area (Å²) in [7, 11) is 0. The minimum absolute atomic E-state index is 0.122. The molecule has 0 atom stereocenters. The fourth-order valence-electron chi connectivity index (χ4n) is 2.27. The standard InChI is InChI=1S/C15H11FN2O2/c16-13-6-5-10(17)7-9(13)8-18-14(19)11-3-1-2-4-12(11)15(18)20/h1-7H,8,17H2. The summed E-state index contributed by atoms with van der Waals surface area (Å²) < 4.78 is 13.7. The lowest BCUT2D eigenvalue weighted by molar-refractivity contribution is 0.0641. The summed E-state index contributed by atoms with van der Waals surface area (Å²) in [5.74, 6) is -1.31. The van der Waals surface area contributed by atoms with Crippen molar-refractivity contribution in [1.29, 1.82) is 0 Å². The molecule has 0 saturated heterocycles. The molecule has 0 fully saturated rings. The van der Waals surface area contributed by atoms with Gasteiger partial charge in [-0.3, -0.25) is 14.5 Å². The number of fused-ring (bicyclic) bond motifs is 1. The molecule has 1 heterocycles. The fourth-order valence-corrected chi connectivity index (χ4v) is 2.27. The molecule has 3 rings (SSSR count). The molecule has 0 unspecified atom stereocenters. The van der Waals surface area contributed by atoms with Crippen molar-refractivity contribution in [1.82, 2.24) is 4.90 Å². The summed E-state index contributed by atoms with van der Waals surface area (Å²) in [4.78, 5) is 25.3. The quantitative estimate of drug-likeness (QED) is 0.672. The van der Waals surface area contributed by atoms with Crippen molar-refractivity contribution in [3.63, 3.8) is 0 Å². The number of carbonyl (C=O) groups excluding carboxylic acids is 2. The molecule has 1 aliphatic heterocycles. The van der Waals surface area contributed by atoms with E-state index in [0.717, 1.165) is 4.90 Å². The van der Waals surface area contributed by atoms with Crippen molar-refractivity contribution >= 4 is 17.5 Å². The smallest absolute Gasteiger partial charge is 0.261 e. The second-order valence-corrected chi connectivity index (χ2v) is 4.59. The van der Waals surface area contributed by atoms with Crippen LogP contribution in [0.4, 0.5) is 10.1 Å². The minimum Gasteiger partial charge on any atom is -0.399 e. The number of amides is 2. The van der Waals surface area contributed by atoms with Gasteiger partial charge in [0.15, 0.2) is 0 Å². The Hall–Kier alpha value is -2.69. The summed E-state index contributed by atoms with van der Waals surface area (Å²) in [5.41, 5.74) is 6.91. The number of hydrogen-bond donors (Lipinski definition) is 1. The summed E-state index contributed by atoms with van der Waals surface area (Å²) in [5, 5.41) is 0. The van der Waals surface area contributed by atoms with Crippen molar-refractivity contribution in [2.24, 2.45) is 0 Å². The second-order valence-electron chi connectivity index (χ2n) is 4.59. The molecule has 2 aromatic carbocycles. The lowest BCUT2D eigenvalue weighted by Gasteiger charge is -2.14. The number of carbonyl (C=O) groups is 2. The molecule has 2 aromatic rings. The van der Waals surface area contributed by atoms with Crippen LogP contribution in [0.15, 0.2) is 42.5 Å². The Bertz CT molecular complexity index is 693. The molecule has 2 N–H and O–H groups in total. The number of nitrogens with zero attached hydrogens (tertiary/aromatic N) is 1. The largest absolute Gasteiger partial charge is 0.399 e. The highest BCUT2D eigenvalue weighted by atomic mass is 19.1. The highest BCUT2D eigenvalue weighted by molar-refractivity contribution is 6.21. The Morgan fingerprint density at radius 2 is 1.60 bits per heavy atom. The molecule has 1 aliphatic rings. The molecular formula is C15H11FN2O2. The van der Waals surface area contributed by atoms with Gasteiger partial charge in [0, 0.05) is 11.3 Å². The third kappa shape index (κ3) is 1.84. The van der Waals surface area contributed by atoms with E-state index in [2.05, 4.69) is 0 Å². The van der Waals surface area contributed by atoms with Crippen LogP contribution >= 0.6 is 0 Å². The summed E-state index contributed by atoms with van der Waals surface area (Å²) >= 11 is 0. The Labute approximate surface area is 114 Å². The van der Waals surface area contributed by atoms with Gasteiger partial charge in [-0.25, -0.2) is 4.39 Å². The lowest BCUT2D eigenvalue weighted by Crippen LogP contribution is -2.29. The van der Waals surface area contributed by atoms with E-state index in [9.17, 15) is 14.0 Å². The fraction of sp³-hybridized carbons (Fsp3) is 0.0667. The maximum Gasteiger partial charge on any atom is 0.261 e. The second kappa shape index (κ2) is 4.45. The van der Waals surface area contributed by atoms with Crippen molar-refractivity contribution in [2.45, 2.75) is 6.54 Å². The number of hydrogen-bond acceptors (Lipinski definition) is 3. The molecular weight excluding hydrogens is 259 g/mol. The molecule has 20 heavy (non-hydrogen) atoms. The van der Waals surface area contributed by atoms with Gasteiger partial charge in [-0.05, 0) is 30.3 Å². The van der Waals surface area contributed by atoms with Crippen molar-refractivity contribution in [3.8, 4) is 0 Å². The third-order valence-corrected chi connectivity index (χ3v) is 3.28. The van der Waals surface area contributed by atoms with Crippen LogP contribution < -0.4 is 5.73 Å². The van der Waals surface area contributed by atoms with Gasteiger partial charge in [0.05, 0.1) is 17.7 Å². The van der Waals surface area contributed by atoms with Gasteiger partial charge >= 0.3 is 0 Å². The zero-order valence-corrected chi connectivity index (χ0v) is 10.5. The Morgan fingerprint density at radius 1 is 1.00 bits per heavy atom. The van der Waals surface area contributed by atoms with Gasteiger partial charge in [-0.2, -0.15) is 0 Å². The van der Waals surface area contributed by atoms with Crippen molar-refractivity contribution in [3.05, 3.63) is 65.0 Å². The van der Waals surface area contributed by atoms with Crippen LogP contribution in [-0.4, -0.2) is 16.7 Å². The first kappa shape index (κ1) is 12.3. The topological polar surface area (TPSA) is 63.4 Å². The van der Waals surface area contributed by atoms with E-state index in [-0.39, 0.29) is 12.1 Å². The third-order valence-electron chi connectivity index (χ3n) is 3.28. The number of halogens is 1. The van der Waals surface area contributed by atoms with E-state index >= 15 is 0 Å². The highest BCUT2D eigenvalue weighted by Gasteiger charge is 2.35. The zero-order valence-electron chi connectivity index (χ0n) is 10.5. The molecule has 5 heteroatoms. The predicted molar refractivity (Wildman–Crippen MR) is 71.5 cm³/mol. The van der Waals surface area contributed by atoms with E-state index in [1.54, 1.807) is 24.3 Å². The zero-order chi connectivity index (χ0) is 14.3. The van der Waals surface area contributed by atoms with Gasteiger partial charge in [0.25, 0.3) is 11.8 Å². The highest BCUT2D eigenvalue weighted by Crippen LogP contribution is 2.25. The maximum atomic E-state index is 13.7. The van der Waals surface area contributed by atoms with Gasteiger partial charge in [0.2, 0.25) is 0 Å². The monoisotopic (exact) mass is 270 g/mol. The number of imide groups is 1. The van der Waals surface area contributed by atoms with Crippen LogP contribution in [0, 0.1) is 5.82 Å². The molecule has 0 aliphatic carbocycles. The Kier molecular flexibility index (Phi) is 2.75. The molecule has 0 bridgehead atoms. The molecule has 0 radical (unpaired) electrons. The van der Waals surface area contributed by atoms with Crippen LogP contribution in [0.5, 0.6) is 0 Å². The average Bonchev–Trinajstić information content (AvgIpc) is 2.68. The van der Waals surface area contributed by atoms with Crippen LogP contribution in [0.1, 0.15) is 26.3 Å². The number of anilines is 1. The van der Waals surface area contributed by atoms with Gasteiger partial charge in [0.1, 0.15) is 5.82 Å². The molecule has 4 nitrogen and oxygen atoms in total. The summed E-state index contributed by atoms with van der Waals surface area (Å²) in [6, 6.07) is 10.6. The number of rotatable bonds is 2. The minimum atomic E-state index is -0.490. The van der Waals surface area contributed by atoms with Gasteiger partial charge < -0.3 is 5.73 Å². The average molecular weight is 270 g/mol. The molecule has 2 amide bonds. The lowest BCUT2D eigenvalue weighted by atomic mass is 10.1. The first-order chi connectivity index (χ1) is 9.58. The van der Waals surface area contributed by atoms with E-state index in [4.69, 9.17) is 5.73 Å². The molecule has 0 spiro atoms. The summed E-state index contributed by atoms with van der Waals surface area (Å²) in [6.07, 6.45) is 0. The maximum absolute atomic E-state index is 13.7. The first-order valence-electron chi connectivity index (χ1n) is 6.07. The van der Waals surface area contributed by atoms with Crippen LogP contribution in [0.2, 0.25) is 0 Å². The van der Waals surface area contributed by atoms with Crippen LogP contribution in [-0.2, 0) is 6.54 Å². The number of nitrogen functional groups attached to an aromatic ring is 1. The predicted octanol–water partition coefficient (Wildman–Crippen LogP) is 2.20. The van der Waals surface area contributed by atoms with Crippen LogP contribution in [0.3, 0.4) is 0 Å². The molecule has 0 aromatic heterocycles. The normalized spacial score (nSPS) is 13.8. The van der Waals surface area contributed by atoms with E-state index in [1.807, 2.05) is 0 Å². The molecule has 0 saturated carbocycles. The van der Waals surface area contributed by atoms with E-state index in [1.165, 1.54) is 18.2 Å². The van der Waals surface area contributed by atoms with E-state index < -0.39 is 17.6 Å². The van der Waals surface area contributed by atoms with Crippen molar-refractivity contribution in [2.75, 3.05) is 5.73 Å². The van der Waals surface area contributed by atoms with Gasteiger partial charge in [-0.15, -0.1) is 0 Å². The van der Waals surface area contributed by atoms with Crippen molar-refractivity contribution < 1.29 is 14.0 Å². The summed E-state index contributed by atoms with van der Waals surface area (Å²) in [6.45, 7) is -0.122. The Morgan fingerprint density at radius 3 is 2.20 bits per heavy atom. The van der Waals surface area contributed by atoms with Gasteiger partial charge in [-0.1, -0.05) is 12.1 Å². The SMILES string of the molecule is Nc1ccc(F)c(CN2C(=O)c3ccccc3C2=O)c1.